The second-order valence-corrected chi connectivity index (χ2v) is 6.13. The van der Waals surface area contributed by atoms with E-state index in [1.807, 2.05) is 13.8 Å². The highest BCUT2D eigenvalue weighted by atomic mass is 19.4. The van der Waals surface area contributed by atoms with Crippen molar-refractivity contribution in [3.05, 3.63) is 36.0 Å². The number of hydrogen-bond acceptors (Lipinski definition) is 5. The normalized spacial score (nSPS) is 12.6. The average molecular weight is 383 g/mol. The summed E-state index contributed by atoms with van der Waals surface area (Å²) < 4.78 is 51.3. The van der Waals surface area contributed by atoms with Crippen LogP contribution in [0.2, 0.25) is 0 Å². The van der Waals surface area contributed by atoms with E-state index < -0.39 is 11.7 Å². The number of rotatable bonds is 8. The van der Waals surface area contributed by atoms with Gasteiger partial charge in [0.05, 0.1) is 12.7 Å². The Morgan fingerprint density at radius 3 is 2.37 bits per heavy atom. The van der Waals surface area contributed by atoms with Gasteiger partial charge in [0.1, 0.15) is 11.3 Å². The Labute approximate surface area is 157 Å². The molecule has 1 unspecified atom stereocenters. The van der Waals surface area contributed by atoms with E-state index in [0.717, 1.165) is 12.6 Å². The number of aromatic nitrogens is 2. The fraction of sp³-hybridized carbons (Fsp3) is 0.474. The molecule has 1 aromatic carbocycles. The lowest BCUT2D eigenvalue weighted by Gasteiger charge is -2.23. The Bertz CT molecular complexity index is 736. The number of benzene rings is 1. The molecule has 0 radical (unpaired) electrons. The predicted molar refractivity (Wildman–Crippen MR) is 97.7 cm³/mol. The third kappa shape index (κ3) is 5.48. The molecule has 0 N–H and O–H groups in total. The Morgan fingerprint density at radius 2 is 1.81 bits per heavy atom. The summed E-state index contributed by atoms with van der Waals surface area (Å²) in [5, 5.41) is 0. The maximum Gasteiger partial charge on any atom is 0.421 e. The number of hydrogen-bond donors (Lipinski definition) is 0. The molecule has 8 heteroatoms. The van der Waals surface area contributed by atoms with Crippen molar-refractivity contribution in [2.45, 2.75) is 45.9 Å². The summed E-state index contributed by atoms with van der Waals surface area (Å²) in [6, 6.07) is 6.71. The Balaban J connectivity index is 2.36. The molecule has 0 spiro atoms. The van der Waals surface area contributed by atoms with Gasteiger partial charge in [-0.25, -0.2) is 4.98 Å². The molecule has 0 bridgehead atoms. The smallest absolute Gasteiger partial charge is 0.421 e. The van der Waals surface area contributed by atoms with Crippen LogP contribution in [0, 0.1) is 0 Å². The molecule has 2 aromatic rings. The average Bonchev–Trinajstić information content (AvgIpc) is 2.65. The van der Waals surface area contributed by atoms with Gasteiger partial charge in [-0.15, -0.1) is 0 Å². The summed E-state index contributed by atoms with van der Waals surface area (Å²) >= 11 is 0. The summed E-state index contributed by atoms with van der Waals surface area (Å²) in [5.41, 5.74) is -0.384. The second-order valence-electron chi connectivity index (χ2n) is 6.13. The minimum atomic E-state index is -4.58. The van der Waals surface area contributed by atoms with E-state index in [-0.39, 0.29) is 17.9 Å². The first-order valence-electron chi connectivity index (χ1n) is 8.83. The van der Waals surface area contributed by atoms with Crippen molar-refractivity contribution in [1.82, 2.24) is 9.97 Å². The zero-order valence-electron chi connectivity index (χ0n) is 15.9. The van der Waals surface area contributed by atoms with Crippen LogP contribution in [0.3, 0.4) is 0 Å². The summed E-state index contributed by atoms with van der Waals surface area (Å²) in [6.07, 6.45) is -2.46. The monoisotopic (exact) mass is 383 g/mol. The molecule has 1 heterocycles. The van der Waals surface area contributed by atoms with Crippen molar-refractivity contribution in [2.75, 3.05) is 18.6 Å². The second kappa shape index (κ2) is 8.92. The highest BCUT2D eigenvalue weighted by Crippen LogP contribution is 2.38. The van der Waals surface area contributed by atoms with Crippen molar-refractivity contribution in [1.29, 1.82) is 0 Å². The third-order valence-corrected chi connectivity index (χ3v) is 3.95. The maximum atomic E-state index is 13.4. The SMILES string of the molecule is CCCOc1ccc(N(C)c2nc(OC(C)CC)ncc2C(F)(F)F)cc1. The molecule has 0 saturated carbocycles. The van der Waals surface area contributed by atoms with Gasteiger partial charge in [-0.1, -0.05) is 13.8 Å². The van der Waals surface area contributed by atoms with Crippen LogP contribution < -0.4 is 14.4 Å². The Hall–Kier alpha value is -2.51. The van der Waals surface area contributed by atoms with E-state index in [4.69, 9.17) is 9.47 Å². The minimum absolute atomic E-state index is 0.0814. The first-order chi connectivity index (χ1) is 12.8. The van der Waals surface area contributed by atoms with E-state index in [9.17, 15) is 13.2 Å². The lowest BCUT2D eigenvalue weighted by molar-refractivity contribution is -0.137. The summed E-state index contributed by atoms with van der Waals surface area (Å²) in [7, 11) is 1.52. The van der Waals surface area contributed by atoms with Crippen molar-refractivity contribution in [2.24, 2.45) is 0 Å². The summed E-state index contributed by atoms with van der Waals surface area (Å²) in [4.78, 5) is 9.09. The topological polar surface area (TPSA) is 47.5 Å². The summed E-state index contributed by atoms with van der Waals surface area (Å²) in [5.74, 6) is 0.395. The van der Waals surface area contributed by atoms with Crippen LogP contribution in [-0.4, -0.2) is 29.7 Å². The quantitative estimate of drug-likeness (QED) is 0.625. The molecule has 0 amide bonds. The first-order valence-corrected chi connectivity index (χ1v) is 8.83. The van der Waals surface area contributed by atoms with Crippen molar-refractivity contribution in [3.8, 4) is 11.8 Å². The number of ether oxygens (including phenoxy) is 2. The van der Waals surface area contributed by atoms with Crippen LogP contribution in [0.1, 0.15) is 39.2 Å². The highest BCUT2D eigenvalue weighted by molar-refractivity contribution is 5.63. The third-order valence-electron chi connectivity index (χ3n) is 3.95. The first kappa shape index (κ1) is 20.8. The van der Waals surface area contributed by atoms with Gasteiger partial charge in [0.15, 0.2) is 5.82 Å². The minimum Gasteiger partial charge on any atom is -0.494 e. The van der Waals surface area contributed by atoms with E-state index in [1.54, 1.807) is 31.2 Å². The molecule has 1 aromatic heterocycles. The van der Waals surface area contributed by atoms with E-state index in [2.05, 4.69) is 9.97 Å². The lowest BCUT2D eigenvalue weighted by Crippen LogP contribution is -2.20. The van der Waals surface area contributed by atoms with Crippen LogP contribution in [0.25, 0.3) is 0 Å². The molecule has 0 aliphatic rings. The predicted octanol–water partition coefficient (Wildman–Crippen LogP) is 5.23. The molecular formula is C19H24F3N3O2. The number of anilines is 2. The van der Waals surface area contributed by atoms with Crippen LogP contribution in [0.15, 0.2) is 30.5 Å². The Morgan fingerprint density at radius 1 is 1.15 bits per heavy atom. The molecule has 148 valence electrons. The number of alkyl halides is 3. The highest BCUT2D eigenvalue weighted by Gasteiger charge is 2.36. The molecule has 2 rings (SSSR count). The van der Waals surface area contributed by atoms with E-state index >= 15 is 0 Å². The Kier molecular flexibility index (Phi) is 6.87. The van der Waals surface area contributed by atoms with E-state index in [1.165, 1.54) is 11.9 Å². The lowest BCUT2D eigenvalue weighted by atomic mass is 10.2. The van der Waals surface area contributed by atoms with Gasteiger partial charge in [-0.05, 0) is 44.0 Å². The van der Waals surface area contributed by atoms with Gasteiger partial charge in [0, 0.05) is 18.9 Å². The standard InChI is InChI=1S/C19H24F3N3O2/c1-5-11-26-15-9-7-14(8-10-15)25(4)17-16(19(20,21)22)12-23-18(24-17)27-13(3)6-2/h7-10,12-13H,5-6,11H2,1-4H3. The molecule has 1 atom stereocenters. The van der Waals surface area contributed by atoms with Gasteiger partial charge >= 0.3 is 12.2 Å². The van der Waals surface area contributed by atoms with Crippen LogP contribution in [-0.2, 0) is 6.18 Å². The van der Waals surface area contributed by atoms with Crippen molar-refractivity contribution < 1.29 is 22.6 Å². The largest absolute Gasteiger partial charge is 0.494 e. The molecule has 0 aliphatic heterocycles. The van der Waals surface area contributed by atoms with Gasteiger partial charge in [0.25, 0.3) is 0 Å². The fourth-order valence-corrected chi connectivity index (χ4v) is 2.24. The van der Waals surface area contributed by atoms with E-state index in [0.29, 0.717) is 24.5 Å². The van der Waals surface area contributed by atoms with Crippen LogP contribution in [0.5, 0.6) is 11.8 Å². The van der Waals surface area contributed by atoms with Crippen LogP contribution in [0.4, 0.5) is 24.7 Å². The molecule has 0 saturated heterocycles. The van der Waals surface area contributed by atoms with Crippen molar-refractivity contribution >= 4 is 11.5 Å². The van der Waals surface area contributed by atoms with Gasteiger partial charge in [-0.3, -0.25) is 0 Å². The van der Waals surface area contributed by atoms with Crippen LogP contribution >= 0.6 is 0 Å². The molecule has 5 nitrogen and oxygen atoms in total. The summed E-state index contributed by atoms with van der Waals surface area (Å²) in [6.45, 7) is 6.29. The zero-order chi connectivity index (χ0) is 20.0. The molecule has 27 heavy (non-hydrogen) atoms. The maximum absolute atomic E-state index is 13.4. The molecule has 0 aliphatic carbocycles. The molecule has 0 fully saturated rings. The zero-order valence-corrected chi connectivity index (χ0v) is 15.9. The molecular weight excluding hydrogens is 359 g/mol. The van der Waals surface area contributed by atoms with Gasteiger partial charge in [0.2, 0.25) is 0 Å². The number of nitrogens with zero attached hydrogens (tertiary/aromatic N) is 3. The van der Waals surface area contributed by atoms with Gasteiger partial charge < -0.3 is 14.4 Å². The fourth-order valence-electron chi connectivity index (χ4n) is 2.24. The number of halogens is 3. The van der Waals surface area contributed by atoms with Crippen molar-refractivity contribution in [3.63, 3.8) is 0 Å². The van der Waals surface area contributed by atoms with Gasteiger partial charge in [-0.2, -0.15) is 18.2 Å².